The van der Waals surface area contributed by atoms with E-state index in [1.807, 2.05) is 4.90 Å². The molecule has 27 heavy (non-hydrogen) atoms. The maximum absolute atomic E-state index is 12.6. The van der Waals surface area contributed by atoms with Gasteiger partial charge in [0.25, 0.3) is 5.91 Å². The molecule has 144 valence electrons. The Morgan fingerprint density at radius 1 is 1.07 bits per heavy atom. The molecule has 2 saturated heterocycles. The quantitative estimate of drug-likeness (QED) is 0.810. The fourth-order valence-electron chi connectivity index (χ4n) is 4.27. The predicted octanol–water partition coefficient (Wildman–Crippen LogP) is 2.31. The van der Waals surface area contributed by atoms with Gasteiger partial charge in [0.2, 0.25) is 0 Å². The monoisotopic (exact) mass is 368 g/mol. The van der Waals surface area contributed by atoms with Crippen LogP contribution in [-0.4, -0.2) is 61.6 Å². The van der Waals surface area contributed by atoms with Gasteiger partial charge in [0.05, 0.1) is 6.54 Å². The minimum absolute atomic E-state index is 0.0996. The molecule has 0 aromatic carbocycles. The van der Waals surface area contributed by atoms with Crippen molar-refractivity contribution in [1.82, 2.24) is 29.5 Å². The summed E-state index contributed by atoms with van der Waals surface area (Å²) in [5, 5.41) is 9.07. The van der Waals surface area contributed by atoms with Crippen LogP contribution in [0.3, 0.4) is 0 Å². The standard InChI is InChI=1S/C20H28N6O/c1-2-26-18(15-24-11-3-4-12-24)22-23-19(26)16-7-13-25(14-8-16)20(27)17-5-9-21-10-6-17/h5-6,9-10,16H,2-4,7-8,11-15H2,1H3. The number of rotatable bonds is 5. The topological polar surface area (TPSA) is 67.2 Å². The van der Waals surface area contributed by atoms with Gasteiger partial charge in [-0.1, -0.05) is 0 Å². The van der Waals surface area contributed by atoms with Gasteiger partial charge in [-0.25, -0.2) is 0 Å². The maximum Gasteiger partial charge on any atom is 0.253 e. The third-order valence-corrected chi connectivity index (χ3v) is 5.81. The van der Waals surface area contributed by atoms with E-state index < -0.39 is 0 Å². The number of nitrogens with zero attached hydrogens (tertiary/aromatic N) is 6. The van der Waals surface area contributed by atoms with Gasteiger partial charge in [0.1, 0.15) is 11.6 Å². The molecule has 7 heteroatoms. The minimum Gasteiger partial charge on any atom is -0.339 e. The van der Waals surface area contributed by atoms with E-state index in [4.69, 9.17) is 0 Å². The molecule has 0 unspecified atom stereocenters. The number of carbonyl (C=O) groups excluding carboxylic acids is 1. The number of hydrogen-bond acceptors (Lipinski definition) is 5. The van der Waals surface area contributed by atoms with Gasteiger partial charge in [-0.05, 0) is 57.8 Å². The largest absolute Gasteiger partial charge is 0.339 e. The fourth-order valence-corrected chi connectivity index (χ4v) is 4.27. The molecule has 2 aromatic heterocycles. The molecular formula is C20H28N6O. The lowest BCUT2D eigenvalue weighted by Gasteiger charge is -2.31. The van der Waals surface area contributed by atoms with E-state index in [9.17, 15) is 4.79 Å². The molecule has 4 heterocycles. The molecule has 7 nitrogen and oxygen atoms in total. The van der Waals surface area contributed by atoms with E-state index in [-0.39, 0.29) is 5.91 Å². The summed E-state index contributed by atoms with van der Waals surface area (Å²) in [7, 11) is 0. The van der Waals surface area contributed by atoms with Crippen LogP contribution in [0.2, 0.25) is 0 Å². The predicted molar refractivity (Wildman–Crippen MR) is 102 cm³/mol. The summed E-state index contributed by atoms with van der Waals surface area (Å²) in [6.07, 6.45) is 7.81. The Labute approximate surface area is 160 Å². The van der Waals surface area contributed by atoms with Crippen LogP contribution < -0.4 is 0 Å². The van der Waals surface area contributed by atoms with Crippen LogP contribution in [0.25, 0.3) is 0 Å². The highest BCUT2D eigenvalue weighted by Crippen LogP contribution is 2.28. The second-order valence-corrected chi connectivity index (χ2v) is 7.50. The van der Waals surface area contributed by atoms with E-state index in [0.717, 1.165) is 50.7 Å². The molecule has 0 N–H and O–H groups in total. The summed E-state index contributed by atoms with van der Waals surface area (Å²) in [5.41, 5.74) is 0.716. The van der Waals surface area contributed by atoms with Gasteiger partial charge < -0.3 is 9.47 Å². The first-order valence-electron chi connectivity index (χ1n) is 10.1. The zero-order valence-corrected chi connectivity index (χ0v) is 16.0. The normalized spacial score (nSPS) is 18.9. The van der Waals surface area contributed by atoms with Crippen molar-refractivity contribution in [2.75, 3.05) is 26.2 Å². The fraction of sp³-hybridized carbons (Fsp3) is 0.600. The zero-order valence-electron chi connectivity index (χ0n) is 16.0. The molecule has 0 atom stereocenters. The summed E-state index contributed by atoms with van der Waals surface area (Å²) < 4.78 is 2.29. The lowest BCUT2D eigenvalue weighted by molar-refractivity contribution is 0.0710. The average molecular weight is 368 g/mol. The van der Waals surface area contributed by atoms with E-state index >= 15 is 0 Å². The summed E-state index contributed by atoms with van der Waals surface area (Å²) in [6.45, 7) is 7.85. The van der Waals surface area contributed by atoms with Gasteiger partial charge in [0.15, 0.2) is 0 Å². The van der Waals surface area contributed by atoms with Gasteiger partial charge in [-0.2, -0.15) is 0 Å². The highest BCUT2D eigenvalue weighted by atomic mass is 16.2. The molecule has 2 aliphatic heterocycles. The van der Waals surface area contributed by atoms with Crippen molar-refractivity contribution in [2.24, 2.45) is 0 Å². The molecular weight excluding hydrogens is 340 g/mol. The smallest absolute Gasteiger partial charge is 0.253 e. The molecule has 4 rings (SSSR count). The zero-order chi connectivity index (χ0) is 18.6. The van der Waals surface area contributed by atoms with Crippen molar-refractivity contribution < 1.29 is 4.79 Å². The van der Waals surface area contributed by atoms with E-state index in [1.165, 1.54) is 25.9 Å². The first kappa shape index (κ1) is 18.1. The van der Waals surface area contributed by atoms with Crippen molar-refractivity contribution in [3.8, 4) is 0 Å². The Morgan fingerprint density at radius 3 is 2.44 bits per heavy atom. The Hall–Kier alpha value is -2.28. The number of amides is 1. The average Bonchev–Trinajstić information content (AvgIpc) is 3.38. The summed E-state index contributed by atoms with van der Waals surface area (Å²) in [5.74, 6) is 2.67. The van der Waals surface area contributed by atoms with Crippen molar-refractivity contribution >= 4 is 5.91 Å². The van der Waals surface area contributed by atoms with E-state index in [0.29, 0.717) is 11.5 Å². The SMILES string of the molecule is CCn1c(CN2CCCC2)nnc1C1CCN(C(=O)c2ccncc2)CC1. The second-order valence-electron chi connectivity index (χ2n) is 7.50. The lowest BCUT2D eigenvalue weighted by atomic mass is 9.95. The second kappa shape index (κ2) is 8.17. The Kier molecular flexibility index (Phi) is 5.48. The maximum atomic E-state index is 12.6. The molecule has 2 aliphatic rings. The first-order chi connectivity index (χ1) is 13.3. The highest BCUT2D eigenvalue weighted by molar-refractivity contribution is 5.94. The number of pyridine rings is 1. The number of hydrogen-bond donors (Lipinski definition) is 0. The number of aromatic nitrogens is 4. The lowest BCUT2D eigenvalue weighted by Crippen LogP contribution is -2.38. The molecule has 0 bridgehead atoms. The van der Waals surface area contributed by atoms with Gasteiger partial charge >= 0.3 is 0 Å². The van der Waals surface area contributed by atoms with Crippen LogP contribution in [-0.2, 0) is 13.1 Å². The van der Waals surface area contributed by atoms with E-state index in [1.54, 1.807) is 24.5 Å². The van der Waals surface area contributed by atoms with Crippen LogP contribution in [0, 0.1) is 0 Å². The molecule has 0 saturated carbocycles. The molecule has 1 amide bonds. The molecule has 0 radical (unpaired) electrons. The number of carbonyl (C=O) groups is 1. The van der Waals surface area contributed by atoms with Crippen molar-refractivity contribution in [3.05, 3.63) is 41.7 Å². The van der Waals surface area contributed by atoms with Crippen molar-refractivity contribution in [1.29, 1.82) is 0 Å². The molecule has 0 aliphatic carbocycles. The van der Waals surface area contributed by atoms with Crippen molar-refractivity contribution in [2.45, 2.75) is 51.6 Å². The third kappa shape index (κ3) is 3.88. The molecule has 0 spiro atoms. The minimum atomic E-state index is 0.0996. The summed E-state index contributed by atoms with van der Waals surface area (Å²) in [6, 6.07) is 3.57. The van der Waals surface area contributed by atoms with Crippen molar-refractivity contribution in [3.63, 3.8) is 0 Å². The van der Waals surface area contributed by atoms with Crippen LogP contribution in [0.4, 0.5) is 0 Å². The highest BCUT2D eigenvalue weighted by Gasteiger charge is 2.28. The third-order valence-electron chi connectivity index (χ3n) is 5.81. The Bertz CT molecular complexity index is 760. The van der Waals surface area contributed by atoms with Crippen LogP contribution in [0.1, 0.15) is 60.5 Å². The van der Waals surface area contributed by atoms with Crippen LogP contribution >= 0.6 is 0 Å². The molecule has 2 fully saturated rings. The first-order valence-corrected chi connectivity index (χ1v) is 10.1. The van der Waals surface area contributed by atoms with Crippen LogP contribution in [0.5, 0.6) is 0 Å². The molecule has 2 aromatic rings. The van der Waals surface area contributed by atoms with Gasteiger partial charge in [0, 0.05) is 43.5 Å². The Balaban J connectivity index is 1.40. The van der Waals surface area contributed by atoms with Gasteiger partial charge in [-0.3, -0.25) is 14.7 Å². The van der Waals surface area contributed by atoms with E-state index in [2.05, 4.69) is 31.6 Å². The summed E-state index contributed by atoms with van der Waals surface area (Å²) in [4.78, 5) is 21.0. The Morgan fingerprint density at radius 2 is 1.78 bits per heavy atom. The number of piperidine rings is 1. The summed E-state index contributed by atoms with van der Waals surface area (Å²) >= 11 is 0. The van der Waals surface area contributed by atoms with Crippen LogP contribution in [0.15, 0.2) is 24.5 Å². The van der Waals surface area contributed by atoms with Gasteiger partial charge in [-0.15, -0.1) is 10.2 Å². The number of likely N-dealkylation sites (tertiary alicyclic amines) is 2.